The van der Waals surface area contributed by atoms with Crippen LogP contribution in [0, 0.1) is 0 Å². The fourth-order valence-corrected chi connectivity index (χ4v) is 2.73. The Kier molecular flexibility index (Phi) is 6.63. The molecule has 0 bridgehead atoms. The normalized spacial score (nSPS) is 11.4. The van der Waals surface area contributed by atoms with E-state index in [-0.39, 0.29) is 5.91 Å². The van der Waals surface area contributed by atoms with Gasteiger partial charge in [-0.15, -0.1) is 0 Å². The summed E-state index contributed by atoms with van der Waals surface area (Å²) in [6.45, 7) is 0.443. The van der Waals surface area contributed by atoms with Gasteiger partial charge in [-0.2, -0.15) is 0 Å². The van der Waals surface area contributed by atoms with Gasteiger partial charge in [-0.3, -0.25) is 4.79 Å². The quantitative estimate of drug-likeness (QED) is 0.567. The van der Waals surface area contributed by atoms with Crippen molar-refractivity contribution in [3.8, 4) is 5.75 Å². The first kappa shape index (κ1) is 20.1. The largest absolute Gasteiger partial charge is 0.489 e. The maximum Gasteiger partial charge on any atom is 0.339 e. The minimum Gasteiger partial charge on any atom is -0.489 e. The molecule has 0 saturated carbocycles. The van der Waals surface area contributed by atoms with Crippen LogP contribution in [0.15, 0.2) is 84.9 Å². The molecule has 5 heteroatoms. The number of hydrogen-bond acceptors (Lipinski definition) is 4. The van der Waals surface area contributed by atoms with Gasteiger partial charge >= 0.3 is 5.97 Å². The molecule has 0 heterocycles. The molecular formula is C24H23NO4. The summed E-state index contributed by atoms with van der Waals surface area (Å²) in [6, 6.07) is 25.5. The number of nitrogens with zero attached hydrogens (tertiary/aromatic N) is 1. The molecule has 0 N–H and O–H groups in total. The first-order valence-corrected chi connectivity index (χ1v) is 9.28. The predicted octanol–water partition coefficient (Wildman–Crippen LogP) is 4.25. The number of carbonyl (C=O) groups excluding carboxylic acids is 2. The molecule has 1 atom stereocenters. The molecule has 5 nitrogen and oxygen atoms in total. The van der Waals surface area contributed by atoms with Gasteiger partial charge in [0.05, 0.1) is 5.56 Å². The molecule has 0 saturated heterocycles. The third-order valence-electron chi connectivity index (χ3n) is 4.33. The standard InChI is InChI=1S/C24H23NO4/c1-25(2)23(26)22(19-11-7-4-8-12-19)29-24(27)20-13-15-21(16-14-20)28-17-18-9-5-3-6-10-18/h3-16,22H,17H2,1-2H3. The van der Waals surface area contributed by atoms with Crippen molar-refractivity contribution in [1.82, 2.24) is 4.90 Å². The van der Waals surface area contributed by atoms with Crippen LogP contribution in [0.25, 0.3) is 0 Å². The molecule has 1 unspecified atom stereocenters. The molecule has 0 aliphatic heterocycles. The van der Waals surface area contributed by atoms with E-state index in [2.05, 4.69) is 0 Å². The van der Waals surface area contributed by atoms with E-state index in [0.29, 0.717) is 23.5 Å². The molecule has 0 aliphatic carbocycles. The van der Waals surface area contributed by atoms with Crippen LogP contribution in [-0.2, 0) is 16.1 Å². The maximum absolute atomic E-state index is 12.6. The van der Waals surface area contributed by atoms with E-state index in [9.17, 15) is 9.59 Å². The summed E-state index contributed by atoms with van der Waals surface area (Å²) in [6.07, 6.45) is -0.993. The summed E-state index contributed by atoms with van der Waals surface area (Å²) in [5.41, 5.74) is 2.04. The van der Waals surface area contributed by atoms with Crippen molar-refractivity contribution in [2.24, 2.45) is 0 Å². The van der Waals surface area contributed by atoms with Gasteiger partial charge in [-0.05, 0) is 29.8 Å². The van der Waals surface area contributed by atoms with E-state index in [0.717, 1.165) is 5.56 Å². The smallest absolute Gasteiger partial charge is 0.339 e. The Morgan fingerprint density at radius 3 is 2.00 bits per heavy atom. The molecule has 3 aromatic rings. The molecule has 29 heavy (non-hydrogen) atoms. The summed E-state index contributed by atoms with van der Waals surface area (Å²) in [5.74, 6) is -0.217. The topological polar surface area (TPSA) is 55.8 Å². The summed E-state index contributed by atoms with van der Waals surface area (Å²) < 4.78 is 11.3. The number of rotatable bonds is 7. The Labute approximate surface area is 170 Å². The van der Waals surface area contributed by atoms with Gasteiger partial charge in [0, 0.05) is 19.7 Å². The van der Waals surface area contributed by atoms with Crippen molar-refractivity contribution >= 4 is 11.9 Å². The Balaban J connectivity index is 1.67. The lowest BCUT2D eigenvalue weighted by atomic mass is 10.1. The van der Waals surface area contributed by atoms with Crippen molar-refractivity contribution in [3.63, 3.8) is 0 Å². The average Bonchev–Trinajstić information content (AvgIpc) is 2.77. The van der Waals surface area contributed by atoms with Crippen molar-refractivity contribution in [1.29, 1.82) is 0 Å². The molecular weight excluding hydrogens is 366 g/mol. The van der Waals surface area contributed by atoms with Crippen LogP contribution in [0.1, 0.15) is 27.6 Å². The van der Waals surface area contributed by atoms with E-state index in [1.165, 1.54) is 4.90 Å². The van der Waals surface area contributed by atoms with E-state index in [1.807, 2.05) is 36.4 Å². The summed E-state index contributed by atoms with van der Waals surface area (Å²) in [4.78, 5) is 26.5. The number of esters is 1. The van der Waals surface area contributed by atoms with Crippen LogP contribution in [-0.4, -0.2) is 30.9 Å². The van der Waals surface area contributed by atoms with Crippen molar-refractivity contribution in [3.05, 3.63) is 102 Å². The van der Waals surface area contributed by atoms with Crippen LogP contribution >= 0.6 is 0 Å². The number of ether oxygens (including phenoxy) is 2. The van der Waals surface area contributed by atoms with Crippen LogP contribution in [0.3, 0.4) is 0 Å². The molecule has 0 radical (unpaired) electrons. The SMILES string of the molecule is CN(C)C(=O)C(OC(=O)c1ccc(OCc2ccccc2)cc1)c1ccccc1. The van der Waals surface area contributed by atoms with E-state index in [1.54, 1.807) is 62.6 Å². The molecule has 0 aromatic heterocycles. The second kappa shape index (κ2) is 9.55. The number of amides is 1. The third kappa shape index (κ3) is 5.45. The van der Waals surface area contributed by atoms with Gasteiger partial charge in [0.25, 0.3) is 5.91 Å². The molecule has 3 aromatic carbocycles. The Bertz CT molecular complexity index is 938. The first-order chi connectivity index (χ1) is 14.0. The molecule has 148 valence electrons. The highest BCUT2D eigenvalue weighted by Crippen LogP contribution is 2.22. The Morgan fingerprint density at radius 1 is 0.828 bits per heavy atom. The zero-order valence-electron chi connectivity index (χ0n) is 16.4. The fourth-order valence-electron chi connectivity index (χ4n) is 2.73. The monoisotopic (exact) mass is 389 g/mol. The summed E-state index contributed by atoms with van der Waals surface area (Å²) >= 11 is 0. The highest BCUT2D eigenvalue weighted by molar-refractivity contribution is 5.92. The zero-order valence-corrected chi connectivity index (χ0v) is 16.4. The minimum atomic E-state index is -0.993. The van der Waals surface area contributed by atoms with Crippen LogP contribution < -0.4 is 4.74 Å². The van der Waals surface area contributed by atoms with E-state index < -0.39 is 12.1 Å². The molecule has 3 rings (SSSR count). The number of benzene rings is 3. The second-order valence-electron chi connectivity index (χ2n) is 6.73. The zero-order chi connectivity index (χ0) is 20.6. The van der Waals surface area contributed by atoms with E-state index in [4.69, 9.17) is 9.47 Å². The highest BCUT2D eigenvalue weighted by atomic mass is 16.5. The van der Waals surface area contributed by atoms with Gasteiger partial charge in [0.2, 0.25) is 6.10 Å². The van der Waals surface area contributed by atoms with Gasteiger partial charge in [0.15, 0.2) is 0 Å². The molecule has 1 amide bonds. The lowest BCUT2D eigenvalue weighted by Gasteiger charge is -2.21. The van der Waals surface area contributed by atoms with Crippen LogP contribution in [0.2, 0.25) is 0 Å². The lowest BCUT2D eigenvalue weighted by Crippen LogP contribution is -2.31. The average molecular weight is 389 g/mol. The second-order valence-corrected chi connectivity index (χ2v) is 6.73. The lowest BCUT2D eigenvalue weighted by molar-refractivity contribution is -0.138. The van der Waals surface area contributed by atoms with Crippen LogP contribution in [0.5, 0.6) is 5.75 Å². The van der Waals surface area contributed by atoms with Gasteiger partial charge in [-0.25, -0.2) is 4.79 Å². The maximum atomic E-state index is 12.6. The Morgan fingerprint density at radius 2 is 1.41 bits per heavy atom. The molecule has 0 spiro atoms. The number of hydrogen-bond donors (Lipinski definition) is 0. The van der Waals surface area contributed by atoms with Crippen molar-refractivity contribution in [2.45, 2.75) is 12.7 Å². The van der Waals surface area contributed by atoms with Gasteiger partial charge in [-0.1, -0.05) is 60.7 Å². The van der Waals surface area contributed by atoms with Crippen molar-refractivity contribution in [2.75, 3.05) is 14.1 Å². The number of carbonyl (C=O) groups is 2. The third-order valence-corrected chi connectivity index (χ3v) is 4.33. The number of likely N-dealkylation sites (N-methyl/N-ethyl adjacent to an activating group) is 1. The minimum absolute atomic E-state index is 0.299. The van der Waals surface area contributed by atoms with Gasteiger partial charge < -0.3 is 14.4 Å². The highest BCUT2D eigenvalue weighted by Gasteiger charge is 2.26. The predicted molar refractivity (Wildman–Crippen MR) is 111 cm³/mol. The first-order valence-electron chi connectivity index (χ1n) is 9.28. The van der Waals surface area contributed by atoms with Crippen LogP contribution in [0.4, 0.5) is 0 Å². The van der Waals surface area contributed by atoms with Crippen molar-refractivity contribution < 1.29 is 19.1 Å². The molecule has 0 aliphatic rings. The summed E-state index contributed by atoms with van der Waals surface area (Å²) in [7, 11) is 3.26. The Hall–Kier alpha value is -3.60. The van der Waals surface area contributed by atoms with E-state index >= 15 is 0 Å². The fraction of sp³-hybridized carbons (Fsp3) is 0.167. The summed E-state index contributed by atoms with van der Waals surface area (Å²) in [5, 5.41) is 0. The molecule has 0 fully saturated rings. The van der Waals surface area contributed by atoms with Gasteiger partial charge in [0.1, 0.15) is 12.4 Å².